The Morgan fingerprint density at radius 1 is 1.12 bits per heavy atom. The van der Waals surface area contributed by atoms with Crippen molar-refractivity contribution in [3.63, 3.8) is 0 Å². The van der Waals surface area contributed by atoms with E-state index in [2.05, 4.69) is 10.3 Å². The minimum atomic E-state index is -0.609. The molecule has 2 aromatic rings. The zero-order valence-electron chi connectivity index (χ0n) is 9.06. The molecular formula is C13H11FN2O. The molecule has 1 N–H and O–H groups in total. The average molecular weight is 230 g/mol. The van der Waals surface area contributed by atoms with E-state index in [4.69, 9.17) is 0 Å². The van der Waals surface area contributed by atoms with Crippen molar-refractivity contribution in [1.82, 2.24) is 4.98 Å². The third kappa shape index (κ3) is 3.38. The van der Waals surface area contributed by atoms with Crippen LogP contribution in [0.15, 0.2) is 48.5 Å². The molecule has 0 aliphatic rings. The summed E-state index contributed by atoms with van der Waals surface area (Å²) in [6, 6.07) is 13.6. The number of benzene rings is 1. The smallest absolute Gasteiger partial charge is 0.229 e. The predicted molar refractivity (Wildman–Crippen MR) is 63.0 cm³/mol. The fourth-order valence-electron chi connectivity index (χ4n) is 1.45. The SMILES string of the molecule is O=C(Cc1ccccc1)Nc1cccc(F)n1. The van der Waals surface area contributed by atoms with E-state index in [0.717, 1.165) is 5.56 Å². The van der Waals surface area contributed by atoms with E-state index in [1.54, 1.807) is 6.07 Å². The highest BCUT2D eigenvalue weighted by atomic mass is 19.1. The molecule has 0 radical (unpaired) electrons. The van der Waals surface area contributed by atoms with Crippen LogP contribution >= 0.6 is 0 Å². The molecular weight excluding hydrogens is 219 g/mol. The van der Waals surface area contributed by atoms with E-state index < -0.39 is 5.95 Å². The number of hydrogen-bond donors (Lipinski definition) is 1. The number of rotatable bonds is 3. The van der Waals surface area contributed by atoms with Gasteiger partial charge in [-0.1, -0.05) is 36.4 Å². The van der Waals surface area contributed by atoms with E-state index in [0.29, 0.717) is 0 Å². The average Bonchev–Trinajstić information content (AvgIpc) is 2.30. The Labute approximate surface area is 98.3 Å². The summed E-state index contributed by atoms with van der Waals surface area (Å²) in [7, 11) is 0. The van der Waals surface area contributed by atoms with Crippen LogP contribution < -0.4 is 5.32 Å². The number of carbonyl (C=O) groups excluding carboxylic acids is 1. The quantitative estimate of drug-likeness (QED) is 0.823. The second-order valence-corrected chi connectivity index (χ2v) is 3.56. The van der Waals surface area contributed by atoms with Gasteiger partial charge in [0.05, 0.1) is 6.42 Å². The number of nitrogens with one attached hydrogen (secondary N) is 1. The Morgan fingerprint density at radius 2 is 1.88 bits per heavy atom. The molecule has 0 unspecified atom stereocenters. The number of carbonyl (C=O) groups is 1. The lowest BCUT2D eigenvalue weighted by molar-refractivity contribution is -0.115. The largest absolute Gasteiger partial charge is 0.310 e. The molecule has 0 atom stereocenters. The number of hydrogen-bond acceptors (Lipinski definition) is 2. The lowest BCUT2D eigenvalue weighted by Gasteiger charge is -2.04. The molecule has 0 aliphatic heterocycles. The topological polar surface area (TPSA) is 42.0 Å². The number of nitrogens with zero attached hydrogens (tertiary/aromatic N) is 1. The van der Waals surface area contributed by atoms with Crippen molar-refractivity contribution < 1.29 is 9.18 Å². The molecule has 1 aromatic carbocycles. The van der Waals surface area contributed by atoms with Gasteiger partial charge >= 0.3 is 0 Å². The van der Waals surface area contributed by atoms with Crippen LogP contribution in [0.5, 0.6) is 0 Å². The highest BCUT2D eigenvalue weighted by Crippen LogP contribution is 2.05. The van der Waals surface area contributed by atoms with Crippen molar-refractivity contribution in [2.75, 3.05) is 5.32 Å². The summed E-state index contributed by atoms with van der Waals surface area (Å²) in [6.07, 6.45) is 0.249. The first-order valence-corrected chi connectivity index (χ1v) is 5.20. The Kier molecular flexibility index (Phi) is 3.45. The van der Waals surface area contributed by atoms with E-state index in [-0.39, 0.29) is 18.1 Å². The van der Waals surface area contributed by atoms with Gasteiger partial charge in [-0.15, -0.1) is 0 Å². The molecule has 17 heavy (non-hydrogen) atoms. The second kappa shape index (κ2) is 5.21. The van der Waals surface area contributed by atoms with Gasteiger partial charge in [0.15, 0.2) is 0 Å². The lowest BCUT2D eigenvalue weighted by atomic mass is 10.1. The predicted octanol–water partition coefficient (Wildman–Crippen LogP) is 2.40. The maximum absolute atomic E-state index is 12.8. The molecule has 0 bridgehead atoms. The van der Waals surface area contributed by atoms with Gasteiger partial charge in [0.2, 0.25) is 11.9 Å². The van der Waals surface area contributed by atoms with E-state index in [1.807, 2.05) is 30.3 Å². The minimum Gasteiger partial charge on any atom is -0.310 e. The monoisotopic (exact) mass is 230 g/mol. The molecule has 3 nitrogen and oxygen atoms in total. The van der Waals surface area contributed by atoms with Crippen molar-refractivity contribution in [3.8, 4) is 0 Å². The Hall–Kier alpha value is -2.23. The zero-order valence-corrected chi connectivity index (χ0v) is 9.06. The van der Waals surface area contributed by atoms with Crippen LogP contribution in [0.2, 0.25) is 0 Å². The zero-order chi connectivity index (χ0) is 12.1. The third-order valence-corrected chi connectivity index (χ3v) is 2.19. The Morgan fingerprint density at radius 3 is 2.59 bits per heavy atom. The summed E-state index contributed by atoms with van der Waals surface area (Å²) in [6.45, 7) is 0. The first-order valence-electron chi connectivity index (χ1n) is 5.20. The summed E-state index contributed by atoms with van der Waals surface area (Å²) in [5.41, 5.74) is 0.904. The van der Waals surface area contributed by atoms with Gasteiger partial charge in [-0.3, -0.25) is 4.79 Å². The highest BCUT2D eigenvalue weighted by molar-refractivity contribution is 5.91. The number of pyridine rings is 1. The highest BCUT2D eigenvalue weighted by Gasteiger charge is 2.04. The van der Waals surface area contributed by atoms with Gasteiger partial charge in [0.1, 0.15) is 5.82 Å². The van der Waals surface area contributed by atoms with Gasteiger partial charge < -0.3 is 5.32 Å². The van der Waals surface area contributed by atoms with Crippen molar-refractivity contribution in [2.24, 2.45) is 0 Å². The molecule has 0 saturated heterocycles. The fourth-order valence-corrected chi connectivity index (χ4v) is 1.45. The van der Waals surface area contributed by atoms with Gasteiger partial charge in [-0.2, -0.15) is 4.39 Å². The van der Waals surface area contributed by atoms with Crippen molar-refractivity contribution in [1.29, 1.82) is 0 Å². The lowest BCUT2D eigenvalue weighted by Crippen LogP contribution is -2.15. The van der Waals surface area contributed by atoms with Gasteiger partial charge in [0, 0.05) is 0 Å². The Bertz CT molecular complexity index is 514. The van der Waals surface area contributed by atoms with Gasteiger partial charge in [-0.05, 0) is 17.7 Å². The summed E-state index contributed by atoms with van der Waals surface area (Å²) in [5.74, 6) is -0.595. The summed E-state index contributed by atoms with van der Waals surface area (Å²) in [5, 5.41) is 2.54. The van der Waals surface area contributed by atoms with Crippen LogP contribution in [0.4, 0.5) is 10.2 Å². The number of halogens is 1. The summed E-state index contributed by atoms with van der Waals surface area (Å²) in [4.78, 5) is 15.2. The van der Waals surface area contributed by atoms with Gasteiger partial charge in [-0.25, -0.2) is 4.98 Å². The molecule has 4 heteroatoms. The van der Waals surface area contributed by atoms with Crippen molar-refractivity contribution in [2.45, 2.75) is 6.42 Å². The van der Waals surface area contributed by atoms with Crippen LogP contribution in [0.25, 0.3) is 0 Å². The molecule has 1 heterocycles. The van der Waals surface area contributed by atoms with Crippen LogP contribution in [0.1, 0.15) is 5.56 Å². The Balaban J connectivity index is 1.98. The number of amides is 1. The fraction of sp³-hybridized carbons (Fsp3) is 0.0769. The maximum atomic E-state index is 12.8. The molecule has 2 rings (SSSR count). The molecule has 0 fully saturated rings. The van der Waals surface area contributed by atoms with Crippen LogP contribution in [-0.2, 0) is 11.2 Å². The normalized spacial score (nSPS) is 9.94. The third-order valence-electron chi connectivity index (χ3n) is 2.19. The molecule has 86 valence electrons. The first kappa shape index (κ1) is 11.3. The molecule has 0 aliphatic carbocycles. The first-order chi connectivity index (χ1) is 8.24. The number of anilines is 1. The standard InChI is InChI=1S/C13H11FN2O/c14-11-7-4-8-12(15-11)16-13(17)9-10-5-2-1-3-6-10/h1-8H,9H2,(H,15,16,17). The molecule has 0 saturated carbocycles. The molecule has 1 amide bonds. The van der Waals surface area contributed by atoms with E-state index in [9.17, 15) is 9.18 Å². The van der Waals surface area contributed by atoms with Crippen LogP contribution in [0, 0.1) is 5.95 Å². The second-order valence-electron chi connectivity index (χ2n) is 3.56. The van der Waals surface area contributed by atoms with Crippen molar-refractivity contribution >= 4 is 11.7 Å². The maximum Gasteiger partial charge on any atom is 0.229 e. The van der Waals surface area contributed by atoms with Gasteiger partial charge in [0.25, 0.3) is 0 Å². The van der Waals surface area contributed by atoms with E-state index in [1.165, 1.54) is 12.1 Å². The number of aromatic nitrogens is 1. The summed E-state index contributed by atoms with van der Waals surface area (Å²) < 4.78 is 12.8. The summed E-state index contributed by atoms with van der Waals surface area (Å²) >= 11 is 0. The van der Waals surface area contributed by atoms with E-state index >= 15 is 0 Å². The van der Waals surface area contributed by atoms with Crippen LogP contribution in [0.3, 0.4) is 0 Å². The molecule has 1 aromatic heterocycles. The molecule has 0 spiro atoms. The minimum absolute atomic E-state index is 0.214. The van der Waals surface area contributed by atoms with Crippen LogP contribution in [-0.4, -0.2) is 10.9 Å². The van der Waals surface area contributed by atoms with Crippen molar-refractivity contribution in [3.05, 3.63) is 60.0 Å².